The van der Waals surface area contributed by atoms with Crippen molar-refractivity contribution < 1.29 is 14.0 Å². The summed E-state index contributed by atoms with van der Waals surface area (Å²) >= 11 is 0. The zero-order valence-electron chi connectivity index (χ0n) is 13.0. The van der Waals surface area contributed by atoms with Gasteiger partial charge in [0.2, 0.25) is 11.8 Å². The molecule has 2 atom stereocenters. The number of amides is 2. The van der Waals surface area contributed by atoms with Gasteiger partial charge in [0.25, 0.3) is 0 Å². The fourth-order valence-corrected chi connectivity index (χ4v) is 3.66. The molecular weight excluding hydrogens is 311 g/mol. The molecule has 2 amide bonds. The van der Waals surface area contributed by atoms with Crippen molar-refractivity contribution in [2.45, 2.75) is 31.2 Å². The highest BCUT2D eigenvalue weighted by Gasteiger charge is 2.38. The summed E-state index contributed by atoms with van der Waals surface area (Å²) in [7, 11) is 0. The van der Waals surface area contributed by atoms with Gasteiger partial charge in [-0.1, -0.05) is 6.07 Å². The number of aromatic nitrogens is 2. The van der Waals surface area contributed by atoms with Gasteiger partial charge in [0.1, 0.15) is 5.82 Å². The van der Waals surface area contributed by atoms with Crippen molar-refractivity contribution in [1.82, 2.24) is 15.1 Å². The Hall–Kier alpha value is -2.70. The quantitative estimate of drug-likeness (QED) is 0.888. The Labute approximate surface area is 138 Å². The molecule has 6 nitrogen and oxygen atoms in total. The third-order valence-electron chi connectivity index (χ3n) is 4.77. The molecule has 2 aromatic rings. The first kappa shape index (κ1) is 14.9. The molecule has 7 heteroatoms. The lowest BCUT2D eigenvalue weighted by Crippen LogP contribution is -2.38. The number of fused-ring (bicyclic) bond motifs is 1. The number of likely N-dealkylation sites (tertiary alicyclic amines) is 1. The van der Waals surface area contributed by atoms with Crippen LogP contribution < -0.4 is 5.32 Å². The van der Waals surface area contributed by atoms with E-state index in [0.717, 1.165) is 18.5 Å². The van der Waals surface area contributed by atoms with Gasteiger partial charge in [-0.05, 0) is 36.6 Å². The second-order valence-corrected chi connectivity index (χ2v) is 6.24. The molecule has 2 unspecified atom stereocenters. The molecule has 2 aliphatic heterocycles. The molecule has 1 aromatic carbocycles. The average Bonchev–Trinajstić information content (AvgIpc) is 3.23. The molecule has 0 spiro atoms. The molecule has 1 saturated heterocycles. The molecule has 24 heavy (non-hydrogen) atoms. The molecule has 0 saturated carbocycles. The van der Waals surface area contributed by atoms with Crippen LogP contribution in [0.4, 0.5) is 10.1 Å². The van der Waals surface area contributed by atoms with E-state index < -0.39 is 11.7 Å². The van der Waals surface area contributed by atoms with Crippen LogP contribution in [0.2, 0.25) is 0 Å². The van der Waals surface area contributed by atoms with E-state index in [0.29, 0.717) is 17.8 Å². The Morgan fingerprint density at radius 3 is 3.00 bits per heavy atom. The first-order chi connectivity index (χ1) is 11.6. The minimum atomic E-state index is -0.571. The van der Waals surface area contributed by atoms with Crippen molar-refractivity contribution in [3.8, 4) is 0 Å². The predicted octanol–water partition coefficient (Wildman–Crippen LogP) is 2.34. The number of rotatable bonds is 2. The molecule has 1 aromatic heterocycles. The zero-order valence-corrected chi connectivity index (χ0v) is 13.0. The fourth-order valence-electron chi connectivity index (χ4n) is 3.66. The third kappa shape index (κ3) is 2.46. The largest absolute Gasteiger partial charge is 0.334 e. The monoisotopic (exact) mass is 328 g/mol. The fraction of sp³-hybridized carbons (Fsp3) is 0.353. The number of halogens is 1. The first-order valence-electron chi connectivity index (χ1n) is 8.02. The average molecular weight is 328 g/mol. The van der Waals surface area contributed by atoms with Crippen molar-refractivity contribution in [1.29, 1.82) is 0 Å². The Balaban J connectivity index is 1.66. The molecule has 124 valence electrons. The molecular formula is C17H17FN4O2. The number of carbonyl (C=O) groups is 2. The minimum absolute atomic E-state index is 0.0473. The number of H-pyrrole nitrogens is 1. The van der Waals surface area contributed by atoms with Gasteiger partial charge in [0.15, 0.2) is 0 Å². The number of nitrogens with one attached hydrogen (secondary N) is 2. The van der Waals surface area contributed by atoms with Gasteiger partial charge in [-0.2, -0.15) is 5.10 Å². The second-order valence-electron chi connectivity index (χ2n) is 6.24. The van der Waals surface area contributed by atoms with E-state index in [2.05, 4.69) is 15.5 Å². The van der Waals surface area contributed by atoms with Gasteiger partial charge in [0, 0.05) is 24.8 Å². The number of carbonyl (C=O) groups excluding carboxylic acids is 2. The van der Waals surface area contributed by atoms with Crippen molar-refractivity contribution in [3.63, 3.8) is 0 Å². The highest BCUT2D eigenvalue weighted by molar-refractivity contribution is 6.01. The van der Waals surface area contributed by atoms with E-state index in [1.54, 1.807) is 12.3 Å². The van der Waals surface area contributed by atoms with Gasteiger partial charge >= 0.3 is 0 Å². The van der Waals surface area contributed by atoms with E-state index >= 15 is 0 Å². The highest BCUT2D eigenvalue weighted by Crippen LogP contribution is 2.38. The van der Waals surface area contributed by atoms with E-state index in [-0.39, 0.29) is 24.3 Å². The standard InChI is InChI=1S/C17H17FN4O2/c18-10-3-4-11-12(9-16(23)20-14(11)8-10)17(24)22-7-1-2-15(22)13-5-6-19-21-13/h3-6,8,12,15H,1-2,7,9H2,(H,19,21)(H,20,23). The first-order valence-corrected chi connectivity index (χ1v) is 8.02. The molecule has 0 radical (unpaired) electrons. The van der Waals surface area contributed by atoms with E-state index in [9.17, 15) is 14.0 Å². The molecule has 0 bridgehead atoms. The smallest absolute Gasteiger partial charge is 0.231 e. The molecule has 3 heterocycles. The summed E-state index contributed by atoms with van der Waals surface area (Å²) in [6.07, 6.45) is 3.53. The molecule has 2 aliphatic rings. The van der Waals surface area contributed by atoms with E-state index in [1.807, 2.05) is 11.0 Å². The van der Waals surface area contributed by atoms with Gasteiger partial charge in [0.05, 0.1) is 17.7 Å². The van der Waals surface area contributed by atoms with E-state index in [4.69, 9.17) is 0 Å². The maximum Gasteiger partial charge on any atom is 0.231 e. The van der Waals surface area contributed by atoms with Crippen molar-refractivity contribution in [2.75, 3.05) is 11.9 Å². The lowest BCUT2D eigenvalue weighted by atomic mass is 9.89. The lowest BCUT2D eigenvalue weighted by molar-refractivity contribution is -0.135. The van der Waals surface area contributed by atoms with Crippen molar-refractivity contribution in [2.24, 2.45) is 0 Å². The highest BCUT2D eigenvalue weighted by atomic mass is 19.1. The number of nitrogens with zero attached hydrogens (tertiary/aromatic N) is 2. The summed E-state index contributed by atoms with van der Waals surface area (Å²) in [6, 6.07) is 6.01. The molecule has 2 N–H and O–H groups in total. The van der Waals surface area contributed by atoms with Crippen LogP contribution in [0.25, 0.3) is 0 Å². The second kappa shape index (κ2) is 5.74. The molecule has 1 fully saturated rings. The third-order valence-corrected chi connectivity index (χ3v) is 4.77. The number of hydrogen-bond donors (Lipinski definition) is 2. The zero-order chi connectivity index (χ0) is 16.7. The van der Waals surface area contributed by atoms with Crippen LogP contribution in [0.5, 0.6) is 0 Å². The lowest BCUT2D eigenvalue weighted by Gasteiger charge is -2.31. The van der Waals surface area contributed by atoms with E-state index in [1.165, 1.54) is 12.1 Å². The summed E-state index contributed by atoms with van der Waals surface area (Å²) in [4.78, 5) is 26.9. The Morgan fingerprint density at radius 1 is 1.33 bits per heavy atom. The van der Waals surface area contributed by atoms with Crippen LogP contribution in [-0.4, -0.2) is 33.5 Å². The van der Waals surface area contributed by atoms with Gasteiger partial charge in [-0.15, -0.1) is 0 Å². The van der Waals surface area contributed by atoms with Crippen LogP contribution in [-0.2, 0) is 9.59 Å². The normalized spacial score (nSPS) is 23.0. The summed E-state index contributed by atoms with van der Waals surface area (Å²) in [5, 5.41) is 9.54. The molecule has 4 rings (SSSR count). The SMILES string of the molecule is O=C1CC(C(=O)N2CCCC2c2ccn[nH]2)c2ccc(F)cc2N1. The predicted molar refractivity (Wildman–Crippen MR) is 84.7 cm³/mol. The summed E-state index contributed by atoms with van der Waals surface area (Å²) < 4.78 is 13.4. The number of benzene rings is 1. The summed E-state index contributed by atoms with van der Waals surface area (Å²) in [5.41, 5.74) is 1.97. The van der Waals surface area contributed by atoms with Gasteiger partial charge < -0.3 is 10.2 Å². The number of aromatic amines is 1. The Kier molecular flexibility index (Phi) is 3.55. The Morgan fingerprint density at radius 2 is 2.21 bits per heavy atom. The summed E-state index contributed by atoms with van der Waals surface area (Å²) in [5.74, 6) is -1.35. The van der Waals surface area contributed by atoms with Crippen LogP contribution in [0, 0.1) is 5.82 Å². The van der Waals surface area contributed by atoms with Crippen LogP contribution in [0.1, 0.15) is 42.5 Å². The van der Waals surface area contributed by atoms with Gasteiger partial charge in [-0.3, -0.25) is 14.7 Å². The maximum atomic E-state index is 13.4. The van der Waals surface area contributed by atoms with Gasteiger partial charge in [-0.25, -0.2) is 4.39 Å². The van der Waals surface area contributed by atoms with Crippen molar-refractivity contribution in [3.05, 3.63) is 47.5 Å². The number of hydrogen-bond acceptors (Lipinski definition) is 3. The number of anilines is 1. The van der Waals surface area contributed by atoms with Crippen LogP contribution in [0.15, 0.2) is 30.5 Å². The Bertz CT molecular complexity index is 790. The van der Waals surface area contributed by atoms with Crippen molar-refractivity contribution >= 4 is 17.5 Å². The minimum Gasteiger partial charge on any atom is -0.334 e. The topological polar surface area (TPSA) is 78.1 Å². The summed E-state index contributed by atoms with van der Waals surface area (Å²) in [6.45, 7) is 0.650. The maximum absolute atomic E-state index is 13.4. The molecule has 0 aliphatic carbocycles. The van der Waals surface area contributed by atoms with Crippen LogP contribution >= 0.6 is 0 Å². The van der Waals surface area contributed by atoms with Crippen LogP contribution in [0.3, 0.4) is 0 Å².